The standard InChI is InChI=1S/C21H21FN4O3/c1-13(27)25-19(10-14-5-7-17(22)8-6-14)21(29)26-18(20(24)28)11-15-3-2-4-16(9-15)12-23/h2-9,18-19H,10-11H2,1H3,(H2,24,28)(H,25,27)(H,26,29)/t18-,19+/m0/s1. The van der Waals surface area contributed by atoms with E-state index in [1.54, 1.807) is 24.3 Å². The second kappa shape index (κ2) is 9.99. The zero-order chi connectivity index (χ0) is 21.4. The van der Waals surface area contributed by atoms with Crippen molar-refractivity contribution in [1.29, 1.82) is 5.26 Å². The normalized spacial score (nSPS) is 12.3. The van der Waals surface area contributed by atoms with Gasteiger partial charge in [-0.15, -0.1) is 0 Å². The van der Waals surface area contributed by atoms with E-state index < -0.39 is 35.6 Å². The summed E-state index contributed by atoms with van der Waals surface area (Å²) < 4.78 is 13.1. The minimum Gasteiger partial charge on any atom is -0.368 e. The van der Waals surface area contributed by atoms with Gasteiger partial charge in [0.05, 0.1) is 11.6 Å². The van der Waals surface area contributed by atoms with Gasteiger partial charge in [-0.25, -0.2) is 4.39 Å². The molecule has 0 aromatic heterocycles. The molecule has 0 radical (unpaired) electrons. The van der Waals surface area contributed by atoms with Crippen LogP contribution < -0.4 is 16.4 Å². The first kappa shape index (κ1) is 21.6. The number of amides is 3. The fourth-order valence-electron chi connectivity index (χ4n) is 2.81. The smallest absolute Gasteiger partial charge is 0.243 e. The molecule has 0 spiro atoms. The Kier molecular flexibility index (Phi) is 7.43. The topological polar surface area (TPSA) is 125 Å². The molecule has 4 N–H and O–H groups in total. The Balaban J connectivity index is 2.14. The fraction of sp³-hybridized carbons (Fsp3) is 0.238. The highest BCUT2D eigenvalue weighted by Crippen LogP contribution is 2.09. The Morgan fingerprint density at radius 3 is 2.28 bits per heavy atom. The van der Waals surface area contributed by atoms with Crippen LogP contribution in [-0.4, -0.2) is 29.8 Å². The number of nitrogens with one attached hydrogen (secondary N) is 2. The Morgan fingerprint density at radius 2 is 1.69 bits per heavy atom. The minimum absolute atomic E-state index is 0.0972. The molecule has 29 heavy (non-hydrogen) atoms. The van der Waals surface area contributed by atoms with E-state index in [1.165, 1.54) is 31.2 Å². The van der Waals surface area contributed by atoms with Gasteiger partial charge < -0.3 is 16.4 Å². The van der Waals surface area contributed by atoms with Crippen molar-refractivity contribution in [2.75, 3.05) is 0 Å². The number of nitrogens with two attached hydrogens (primary N) is 1. The van der Waals surface area contributed by atoms with Gasteiger partial charge in [0, 0.05) is 19.8 Å². The average Bonchev–Trinajstić information content (AvgIpc) is 2.68. The molecule has 0 heterocycles. The van der Waals surface area contributed by atoms with Gasteiger partial charge in [0.1, 0.15) is 17.9 Å². The molecule has 150 valence electrons. The summed E-state index contributed by atoms with van der Waals surface area (Å²) in [6, 6.07) is 12.2. The third-order valence-corrected chi connectivity index (χ3v) is 4.20. The van der Waals surface area contributed by atoms with Crippen molar-refractivity contribution in [3.8, 4) is 6.07 Å². The molecule has 0 bridgehead atoms. The van der Waals surface area contributed by atoms with Gasteiger partial charge in [-0.05, 0) is 35.4 Å². The van der Waals surface area contributed by atoms with Gasteiger partial charge in [0.25, 0.3) is 0 Å². The lowest BCUT2D eigenvalue weighted by Gasteiger charge is -2.22. The number of primary amides is 1. The Bertz CT molecular complexity index is 938. The fourth-order valence-corrected chi connectivity index (χ4v) is 2.81. The molecular weight excluding hydrogens is 375 g/mol. The lowest BCUT2D eigenvalue weighted by molar-refractivity contribution is -0.130. The molecule has 3 amide bonds. The highest BCUT2D eigenvalue weighted by molar-refractivity contribution is 5.91. The van der Waals surface area contributed by atoms with Gasteiger partial charge in [-0.1, -0.05) is 24.3 Å². The summed E-state index contributed by atoms with van der Waals surface area (Å²) >= 11 is 0. The van der Waals surface area contributed by atoms with Crippen LogP contribution in [0.15, 0.2) is 48.5 Å². The summed E-state index contributed by atoms with van der Waals surface area (Å²) in [5.74, 6) is -2.18. The first-order valence-electron chi connectivity index (χ1n) is 8.88. The van der Waals surface area contributed by atoms with Gasteiger partial charge in [-0.2, -0.15) is 5.26 Å². The zero-order valence-electron chi connectivity index (χ0n) is 15.8. The second-order valence-corrected chi connectivity index (χ2v) is 6.56. The highest BCUT2D eigenvalue weighted by Gasteiger charge is 2.25. The number of hydrogen-bond acceptors (Lipinski definition) is 4. The molecule has 8 heteroatoms. The molecule has 2 rings (SSSR count). The van der Waals surface area contributed by atoms with Crippen molar-refractivity contribution in [3.05, 3.63) is 71.0 Å². The summed E-state index contributed by atoms with van der Waals surface area (Å²) in [7, 11) is 0. The third kappa shape index (κ3) is 6.74. The van der Waals surface area contributed by atoms with Crippen LogP contribution in [0.25, 0.3) is 0 Å². The largest absolute Gasteiger partial charge is 0.368 e. The summed E-state index contributed by atoms with van der Waals surface area (Å²) in [6.45, 7) is 1.27. The van der Waals surface area contributed by atoms with Gasteiger partial charge in [0.2, 0.25) is 17.7 Å². The molecule has 0 saturated heterocycles. The minimum atomic E-state index is -1.03. The van der Waals surface area contributed by atoms with E-state index in [4.69, 9.17) is 11.0 Å². The zero-order valence-corrected chi connectivity index (χ0v) is 15.8. The summed E-state index contributed by atoms with van der Waals surface area (Å²) in [4.78, 5) is 36.1. The van der Waals surface area contributed by atoms with Crippen LogP contribution in [0, 0.1) is 17.1 Å². The molecule has 0 saturated carbocycles. The highest BCUT2D eigenvalue weighted by atomic mass is 19.1. The maximum Gasteiger partial charge on any atom is 0.243 e. The predicted octanol–water partition coefficient (Wildman–Crippen LogP) is 0.957. The van der Waals surface area contributed by atoms with E-state index in [0.717, 1.165) is 0 Å². The second-order valence-electron chi connectivity index (χ2n) is 6.56. The van der Waals surface area contributed by atoms with Crippen LogP contribution in [0.3, 0.4) is 0 Å². The molecule has 2 aromatic rings. The summed E-state index contributed by atoms with van der Waals surface area (Å²) in [6.07, 6.45) is 0.209. The predicted molar refractivity (Wildman–Crippen MR) is 104 cm³/mol. The monoisotopic (exact) mass is 396 g/mol. The Labute approximate surface area is 167 Å². The van der Waals surface area contributed by atoms with E-state index in [9.17, 15) is 18.8 Å². The molecule has 2 atom stereocenters. The number of carbonyl (C=O) groups is 3. The van der Waals surface area contributed by atoms with Crippen molar-refractivity contribution in [2.45, 2.75) is 31.8 Å². The molecule has 0 fully saturated rings. The summed E-state index contributed by atoms with van der Waals surface area (Å²) in [5.41, 5.74) is 7.14. The lowest BCUT2D eigenvalue weighted by atomic mass is 10.0. The van der Waals surface area contributed by atoms with Gasteiger partial charge >= 0.3 is 0 Å². The Hall–Kier alpha value is -3.73. The van der Waals surface area contributed by atoms with Crippen LogP contribution in [0.5, 0.6) is 0 Å². The number of hydrogen-bond donors (Lipinski definition) is 3. The molecule has 0 aliphatic carbocycles. The van der Waals surface area contributed by atoms with Gasteiger partial charge in [-0.3, -0.25) is 14.4 Å². The van der Waals surface area contributed by atoms with Crippen LogP contribution in [0.1, 0.15) is 23.6 Å². The van der Waals surface area contributed by atoms with Crippen molar-refractivity contribution < 1.29 is 18.8 Å². The molecule has 0 aliphatic rings. The van der Waals surface area contributed by atoms with E-state index in [0.29, 0.717) is 16.7 Å². The number of benzene rings is 2. The van der Waals surface area contributed by atoms with E-state index >= 15 is 0 Å². The molecule has 7 nitrogen and oxygen atoms in total. The van der Waals surface area contributed by atoms with Crippen molar-refractivity contribution in [1.82, 2.24) is 10.6 Å². The first-order chi connectivity index (χ1) is 13.8. The van der Waals surface area contributed by atoms with Crippen LogP contribution >= 0.6 is 0 Å². The third-order valence-electron chi connectivity index (χ3n) is 4.20. The van der Waals surface area contributed by atoms with Crippen LogP contribution in [0.2, 0.25) is 0 Å². The number of nitriles is 1. The quantitative estimate of drug-likeness (QED) is 0.614. The lowest BCUT2D eigenvalue weighted by Crippen LogP contribution is -2.54. The number of carbonyl (C=O) groups excluding carboxylic acids is 3. The van der Waals surface area contributed by atoms with Crippen LogP contribution in [0.4, 0.5) is 4.39 Å². The van der Waals surface area contributed by atoms with Gasteiger partial charge in [0.15, 0.2) is 0 Å². The van der Waals surface area contributed by atoms with E-state index in [2.05, 4.69) is 10.6 Å². The molecule has 0 unspecified atom stereocenters. The average molecular weight is 396 g/mol. The van der Waals surface area contributed by atoms with Crippen molar-refractivity contribution in [2.24, 2.45) is 5.73 Å². The Morgan fingerprint density at radius 1 is 1.03 bits per heavy atom. The maximum absolute atomic E-state index is 13.1. The molecular formula is C21H21FN4O3. The number of halogens is 1. The van der Waals surface area contributed by atoms with E-state index in [1.807, 2.05) is 6.07 Å². The van der Waals surface area contributed by atoms with Crippen molar-refractivity contribution >= 4 is 17.7 Å². The first-order valence-corrected chi connectivity index (χ1v) is 8.88. The number of rotatable bonds is 8. The molecule has 2 aromatic carbocycles. The SMILES string of the molecule is CC(=O)N[C@H](Cc1ccc(F)cc1)C(=O)N[C@@H](Cc1cccc(C#N)c1)C(N)=O. The van der Waals surface area contributed by atoms with E-state index in [-0.39, 0.29) is 12.8 Å². The maximum atomic E-state index is 13.1. The number of nitrogens with zero attached hydrogens (tertiary/aromatic N) is 1. The molecule has 0 aliphatic heterocycles. The summed E-state index contributed by atoms with van der Waals surface area (Å²) in [5, 5.41) is 14.1. The van der Waals surface area contributed by atoms with Crippen molar-refractivity contribution in [3.63, 3.8) is 0 Å². The van der Waals surface area contributed by atoms with Crippen LogP contribution in [-0.2, 0) is 27.2 Å².